The van der Waals surface area contributed by atoms with Gasteiger partial charge in [0.1, 0.15) is 5.75 Å². The van der Waals surface area contributed by atoms with Crippen LogP contribution in [0.4, 0.5) is 0 Å². The molecule has 2 N–H and O–H groups in total. The number of ether oxygens (including phenoxy) is 1. The monoisotopic (exact) mass is 298 g/mol. The molecular weight excluding hydrogens is 276 g/mol. The zero-order valence-corrected chi connectivity index (χ0v) is 12.8. The zero-order chi connectivity index (χ0) is 14.8. The summed E-state index contributed by atoms with van der Waals surface area (Å²) in [6, 6.07) is 7.71. The molecule has 0 aliphatic carbocycles. The average Bonchev–Trinajstić information content (AvgIpc) is 2.41. The van der Waals surface area contributed by atoms with Crippen molar-refractivity contribution in [1.29, 1.82) is 0 Å². The van der Waals surface area contributed by atoms with Crippen molar-refractivity contribution in [3.8, 4) is 5.75 Å². The number of nitrogens with two attached hydrogens (primary N) is 1. The van der Waals surface area contributed by atoms with Crippen molar-refractivity contribution >= 4 is 9.84 Å². The van der Waals surface area contributed by atoms with E-state index in [0.717, 1.165) is 11.3 Å². The number of para-hydroxylation sites is 1. The Morgan fingerprint density at radius 2 is 2.15 bits per heavy atom. The van der Waals surface area contributed by atoms with E-state index < -0.39 is 9.84 Å². The van der Waals surface area contributed by atoms with Gasteiger partial charge in [-0.3, -0.25) is 4.90 Å². The van der Waals surface area contributed by atoms with E-state index in [2.05, 4.69) is 4.90 Å². The van der Waals surface area contributed by atoms with Gasteiger partial charge in [0, 0.05) is 24.7 Å². The van der Waals surface area contributed by atoms with Crippen LogP contribution in [0.2, 0.25) is 0 Å². The molecule has 112 valence electrons. The molecular formula is C14H22N2O3S. The van der Waals surface area contributed by atoms with Gasteiger partial charge in [-0.2, -0.15) is 0 Å². The minimum Gasteiger partial charge on any atom is -0.496 e. The lowest BCUT2D eigenvalue weighted by Gasteiger charge is -2.39. The summed E-state index contributed by atoms with van der Waals surface area (Å²) in [5.74, 6) is 1.19. The summed E-state index contributed by atoms with van der Waals surface area (Å²) in [6.07, 6.45) is 0. The zero-order valence-electron chi connectivity index (χ0n) is 12.0. The molecule has 2 atom stereocenters. The van der Waals surface area contributed by atoms with Crippen LogP contribution < -0.4 is 10.5 Å². The first-order valence-electron chi connectivity index (χ1n) is 6.77. The third-order valence-corrected chi connectivity index (χ3v) is 5.64. The van der Waals surface area contributed by atoms with Crippen LogP contribution in [0.25, 0.3) is 0 Å². The second-order valence-electron chi connectivity index (χ2n) is 5.19. The van der Waals surface area contributed by atoms with Gasteiger partial charge in [-0.05, 0) is 13.0 Å². The Balaban J connectivity index is 2.29. The first kappa shape index (κ1) is 15.3. The number of benzene rings is 1. The maximum absolute atomic E-state index is 11.7. The first-order chi connectivity index (χ1) is 9.48. The van der Waals surface area contributed by atoms with Crippen molar-refractivity contribution < 1.29 is 13.2 Å². The Morgan fingerprint density at radius 1 is 1.45 bits per heavy atom. The quantitative estimate of drug-likeness (QED) is 0.890. The highest BCUT2D eigenvalue weighted by molar-refractivity contribution is 7.91. The highest BCUT2D eigenvalue weighted by Gasteiger charge is 2.33. The molecule has 1 aromatic rings. The molecule has 20 heavy (non-hydrogen) atoms. The van der Waals surface area contributed by atoms with Gasteiger partial charge in [-0.25, -0.2) is 8.42 Å². The third kappa shape index (κ3) is 3.13. The van der Waals surface area contributed by atoms with Crippen LogP contribution in [0, 0.1) is 0 Å². The SMILES string of the molecule is COc1ccccc1C(CN)N1CCS(=O)(=O)CC1C. The highest BCUT2D eigenvalue weighted by Crippen LogP contribution is 2.31. The average molecular weight is 298 g/mol. The largest absolute Gasteiger partial charge is 0.496 e. The minimum atomic E-state index is -2.92. The minimum absolute atomic E-state index is 0.0170. The number of rotatable bonds is 4. The van der Waals surface area contributed by atoms with Crippen LogP contribution in [0.1, 0.15) is 18.5 Å². The molecule has 2 unspecified atom stereocenters. The maximum Gasteiger partial charge on any atom is 0.153 e. The lowest BCUT2D eigenvalue weighted by atomic mass is 10.0. The van der Waals surface area contributed by atoms with E-state index in [0.29, 0.717) is 13.1 Å². The van der Waals surface area contributed by atoms with E-state index in [1.54, 1.807) is 7.11 Å². The molecule has 1 fully saturated rings. The van der Waals surface area contributed by atoms with Crippen molar-refractivity contribution in [2.45, 2.75) is 19.0 Å². The van der Waals surface area contributed by atoms with Gasteiger partial charge in [0.25, 0.3) is 0 Å². The fraction of sp³-hybridized carbons (Fsp3) is 0.571. The third-order valence-electron chi connectivity index (χ3n) is 3.84. The van der Waals surface area contributed by atoms with Crippen LogP contribution in [-0.2, 0) is 9.84 Å². The Hall–Kier alpha value is -1.11. The summed E-state index contributed by atoms with van der Waals surface area (Å²) in [5.41, 5.74) is 6.96. The topological polar surface area (TPSA) is 72.6 Å². The van der Waals surface area contributed by atoms with Crippen LogP contribution in [0.3, 0.4) is 0 Å². The predicted molar refractivity (Wildman–Crippen MR) is 79.6 cm³/mol. The standard InChI is InChI=1S/C14H22N2O3S/c1-11-10-20(17,18)8-7-16(11)13(9-15)12-5-3-4-6-14(12)19-2/h3-6,11,13H,7-10,15H2,1-2H3. The summed E-state index contributed by atoms with van der Waals surface area (Å²) in [6.45, 7) is 2.89. The Bertz CT molecular complexity index is 559. The molecule has 0 spiro atoms. The van der Waals surface area contributed by atoms with E-state index in [9.17, 15) is 8.42 Å². The van der Waals surface area contributed by atoms with Crippen LogP contribution in [-0.4, -0.2) is 51.1 Å². The van der Waals surface area contributed by atoms with Crippen molar-refractivity contribution in [1.82, 2.24) is 4.90 Å². The molecule has 0 amide bonds. The number of methoxy groups -OCH3 is 1. The molecule has 0 bridgehead atoms. The molecule has 1 aromatic carbocycles. The van der Waals surface area contributed by atoms with Gasteiger partial charge in [0.05, 0.1) is 24.7 Å². The fourth-order valence-corrected chi connectivity index (χ4v) is 4.44. The summed E-state index contributed by atoms with van der Waals surface area (Å²) < 4.78 is 28.8. The lowest BCUT2D eigenvalue weighted by Crippen LogP contribution is -2.50. The van der Waals surface area contributed by atoms with Gasteiger partial charge >= 0.3 is 0 Å². The van der Waals surface area contributed by atoms with E-state index in [4.69, 9.17) is 10.5 Å². The van der Waals surface area contributed by atoms with Crippen LogP contribution in [0.15, 0.2) is 24.3 Å². The number of nitrogens with zero attached hydrogens (tertiary/aromatic N) is 1. The van der Waals surface area contributed by atoms with Gasteiger partial charge < -0.3 is 10.5 Å². The second kappa shape index (κ2) is 6.11. The van der Waals surface area contributed by atoms with Crippen LogP contribution >= 0.6 is 0 Å². The van der Waals surface area contributed by atoms with E-state index in [1.807, 2.05) is 31.2 Å². The molecule has 6 heteroatoms. The molecule has 0 radical (unpaired) electrons. The molecule has 2 rings (SSSR count). The molecule has 1 aliphatic rings. The summed E-state index contributed by atoms with van der Waals surface area (Å²) in [5, 5.41) is 0. The van der Waals surface area contributed by atoms with Gasteiger partial charge in [-0.15, -0.1) is 0 Å². The summed E-state index contributed by atoms with van der Waals surface area (Å²) in [7, 11) is -1.28. The maximum atomic E-state index is 11.7. The van der Waals surface area contributed by atoms with Crippen molar-refractivity contribution in [3.05, 3.63) is 29.8 Å². The van der Waals surface area contributed by atoms with Gasteiger partial charge in [-0.1, -0.05) is 18.2 Å². The Labute approximate surface area is 120 Å². The Kier molecular flexibility index (Phi) is 4.67. The van der Waals surface area contributed by atoms with E-state index >= 15 is 0 Å². The summed E-state index contributed by atoms with van der Waals surface area (Å²) >= 11 is 0. The molecule has 1 saturated heterocycles. The van der Waals surface area contributed by atoms with Crippen LogP contribution in [0.5, 0.6) is 5.75 Å². The second-order valence-corrected chi connectivity index (χ2v) is 7.42. The van der Waals surface area contributed by atoms with E-state index in [-0.39, 0.29) is 23.6 Å². The van der Waals surface area contributed by atoms with Crippen molar-refractivity contribution in [2.75, 3.05) is 31.7 Å². The van der Waals surface area contributed by atoms with Crippen molar-refractivity contribution in [3.63, 3.8) is 0 Å². The smallest absolute Gasteiger partial charge is 0.153 e. The van der Waals surface area contributed by atoms with Crippen molar-refractivity contribution in [2.24, 2.45) is 5.73 Å². The molecule has 0 saturated carbocycles. The number of hydrogen-bond donors (Lipinski definition) is 1. The molecule has 1 heterocycles. The molecule has 0 aromatic heterocycles. The Morgan fingerprint density at radius 3 is 2.75 bits per heavy atom. The van der Waals surface area contributed by atoms with Gasteiger partial charge in [0.15, 0.2) is 9.84 Å². The molecule has 1 aliphatic heterocycles. The lowest BCUT2D eigenvalue weighted by molar-refractivity contribution is 0.159. The first-order valence-corrected chi connectivity index (χ1v) is 8.60. The number of hydrogen-bond acceptors (Lipinski definition) is 5. The molecule has 5 nitrogen and oxygen atoms in total. The predicted octanol–water partition coefficient (Wildman–Crippen LogP) is 0.814. The summed E-state index contributed by atoms with van der Waals surface area (Å²) in [4.78, 5) is 2.17. The van der Waals surface area contributed by atoms with Gasteiger partial charge in [0.2, 0.25) is 0 Å². The van der Waals surface area contributed by atoms with E-state index in [1.165, 1.54) is 0 Å². The number of sulfone groups is 1. The fourth-order valence-electron chi connectivity index (χ4n) is 2.86. The highest BCUT2D eigenvalue weighted by atomic mass is 32.2. The normalized spacial score (nSPS) is 24.2.